The fraction of sp³-hybridized carbons (Fsp3) is 0.435. The zero-order valence-corrected chi connectivity index (χ0v) is 18.3. The number of hydrogen-bond donors (Lipinski definition) is 0. The lowest BCUT2D eigenvalue weighted by Crippen LogP contribution is -2.46. The van der Waals surface area contributed by atoms with E-state index in [1.807, 2.05) is 43.8 Å². The van der Waals surface area contributed by atoms with Crippen molar-refractivity contribution in [2.24, 2.45) is 7.05 Å². The summed E-state index contributed by atoms with van der Waals surface area (Å²) in [6, 6.07) is 10.3. The standard InChI is InChI=1S/C21H26N6.C2H6/c1-16-19(17(2)25(3)24-16)15-26-11-13-27(14-12-26)21-20(22-9-10-23-21)18-7-5-4-6-8-18;1-2/h4-10H,11-15H2,1-3H3;1-2H3. The molecular weight excluding hydrogens is 360 g/mol. The number of hydrogen-bond acceptors (Lipinski definition) is 5. The first-order valence-electron chi connectivity index (χ1n) is 10.5. The van der Waals surface area contributed by atoms with Crippen molar-refractivity contribution in [2.45, 2.75) is 34.2 Å². The van der Waals surface area contributed by atoms with Gasteiger partial charge in [0.25, 0.3) is 0 Å². The number of anilines is 1. The molecule has 0 bridgehead atoms. The van der Waals surface area contributed by atoms with Crippen LogP contribution in [0, 0.1) is 13.8 Å². The smallest absolute Gasteiger partial charge is 0.155 e. The number of rotatable bonds is 4. The largest absolute Gasteiger partial charge is 0.352 e. The van der Waals surface area contributed by atoms with E-state index in [0.717, 1.165) is 55.5 Å². The van der Waals surface area contributed by atoms with Gasteiger partial charge in [0.2, 0.25) is 0 Å². The fourth-order valence-electron chi connectivity index (χ4n) is 3.75. The number of aryl methyl sites for hydroxylation is 2. The SMILES string of the molecule is CC.Cc1nn(C)c(C)c1CN1CCN(c2nccnc2-c2ccccc2)CC1. The molecule has 29 heavy (non-hydrogen) atoms. The Labute approximate surface area is 174 Å². The highest BCUT2D eigenvalue weighted by atomic mass is 15.3. The molecular formula is C23H32N6. The van der Waals surface area contributed by atoms with Crippen LogP contribution in [0.3, 0.4) is 0 Å². The van der Waals surface area contributed by atoms with Gasteiger partial charge in [0.05, 0.1) is 5.69 Å². The van der Waals surface area contributed by atoms with Gasteiger partial charge in [-0.05, 0) is 13.8 Å². The van der Waals surface area contributed by atoms with E-state index in [0.29, 0.717) is 0 Å². The maximum absolute atomic E-state index is 4.65. The predicted molar refractivity (Wildman–Crippen MR) is 119 cm³/mol. The van der Waals surface area contributed by atoms with Crippen molar-refractivity contribution in [3.8, 4) is 11.3 Å². The molecule has 3 aromatic rings. The van der Waals surface area contributed by atoms with Crippen molar-refractivity contribution in [3.05, 3.63) is 59.7 Å². The highest BCUT2D eigenvalue weighted by Gasteiger charge is 2.23. The summed E-state index contributed by atoms with van der Waals surface area (Å²) in [6.45, 7) is 13.2. The van der Waals surface area contributed by atoms with Gasteiger partial charge in [0, 0.05) is 69.0 Å². The normalized spacial score (nSPS) is 14.4. The van der Waals surface area contributed by atoms with Crippen LogP contribution in [0.15, 0.2) is 42.7 Å². The zero-order chi connectivity index (χ0) is 20.8. The molecule has 6 nitrogen and oxygen atoms in total. The van der Waals surface area contributed by atoms with Gasteiger partial charge in [-0.25, -0.2) is 4.98 Å². The molecule has 0 radical (unpaired) electrons. The van der Waals surface area contributed by atoms with Crippen LogP contribution in [-0.4, -0.2) is 50.8 Å². The van der Waals surface area contributed by atoms with Gasteiger partial charge in [-0.1, -0.05) is 44.2 Å². The Morgan fingerprint density at radius 2 is 1.55 bits per heavy atom. The van der Waals surface area contributed by atoms with E-state index in [9.17, 15) is 0 Å². The van der Waals surface area contributed by atoms with Crippen LogP contribution in [0.2, 0.25) is 0 Å². The highest BCUT2D eigenvalue weighted by Crippen LogP contribution is 2.27. The molecule has 1 aliphatic heterocycles. The van der Waals surface area contributed by atoms with E-state index in [2.05, 4.69) is 50.8 Å². The molecule has 2 aromatic heterocycles. The molecule has 1 fully saturated rings. The first kappa shape index (κ1) is 21.0. The zero-order valence-electron chi connectivity index (χ0n) is 18.3. The summed E-state index contributed by atoms with van der Waals surface area (Å²) in [4.78, 5) is 14.1. The molecule has 154 valence electrons. The Morgan fingerprint density at radius 3 is 2.17 bits per heavy atom. The summed E-state index contributed by atoms with van der Waals surface area (Å²) < 4.78 is 1.98. The van der Waals surface area contributed by atoms with E-state index >= 15 is 0 Å². The van der Waals surface area contributed by atoms with E-state index in [4.69, 9.17) is 0 Å². The van der Waals surface area contributed by atoms with Crippen molar-refractivity contribution in [1.82, 2.24) is 24.6 Å². The third kappa shape index (κ3) is 4.65. The predicted octanol–water partition coefficient (Wildman–Crippen LogP) is 3.84. The van der Waals surface area contributed by atoms with Crippen LogP contribution in [0.25, 0.3) is 11.3 Å². The second kappa shape index (κ2) is 9.65. The lowest BCUT2D eigenvalue weighted by atomic mass is 10.1. The molecule has 1 saturated heterocycles. The molecule has 4 rings (SSSR count). The second-order valence-electron chi connectivity index (χ2n) is 7.13. The topological polar surface area (TPSA) is 50.1 Å². The average Bonchev–Trinajstić information content (AvgIpc) is 3.02. The van der Waals surface area contributed by atoms with Crippen molar-refractivity contribution in [1.29, 1.82) is 0 Å². The summed E-state index contributed by atoms with van der Waals surface area (Å²) in [5.41, 5.74) is 5.83. The lowest BCUT2D eigenvalue weighted by molar-refractivity contribution is 0.248. The Kier molecular flexibility index (Phi) is 6.99. The van der Waals surface area contributed by atoms with E-state index in [1.54, 1.807) is 12.4 Å². The van der Waals surface area contributed by atoms with E-state index in [-0.39, 0.29) is 0 Å². The molecule has 0 atom stereocenters. The molecule has 0 unspecified atom stereocenters. The number of aromatic nitrogens is 4. The van der Waals surface area contributed by atoms with Gasteiger partial charge in [-0.15, -0.1) is 0 Å². The summed E-state index contributed by atoms with van der Waals surface area (Å²) in [6.07, 6.45) is 3.56. The van der Waals surface area contributed by atoms with Crippen LogP contribution < -0.4 is 4.90 Å². The first-order chi connectivity index (χ1) is 14.1. The van der Waals surface area contributed by atoms with Crippen molar-refractivity contribution < 1.29 is 0 Å². The van der Waals surface area contributed by atoms with Crippen LogP contribution in [0.1, 0.15) is 30.8 Å². The molecule has 6 heteroatoms. The molecule has 3 heterocycles. The van der Waals surface area contributed by atoms with Crippen molar-refractivity contribution in [3.63, 3.8) is 0 Å². The van der Waals surface area contributed by atoms with Crippen LogP contribution in [-0.2, 0) is 13.6 Å². The van der Waals surface area contributed by atoms with Crippen LogP contribution in [0.5, 0.6) is 0 Å². The van der Waals surface area contributed by atoms with Gasteiger partial charge in [0.15, 0.2) is 5.82 Å². The Bertz CT molecular complexity index is 910. The molecule has 1 aromatic carbocycles. The average molecular weight is 393 g/mol. The molecule has 0 N–H and O–H groups in total. The minimum absolute atomic E-state index is 0.955. The summed E-state index contributed by atoms with van der Waals surface area (Å²) in [5.74, 6) is 0.983. The minimum atomic E-state index is 0.955. The summed E-state index contributed by atoms with van der Waals surface area (Å²) in [7, 11) is 2.02. The molecule has 0 spiro atoms. The van der Waals surface area contributed by atoms with Gasteiger partial charge in [-0.2, -0.15) is 5.10 Å². The maximum Gasteiger partial charge on any atom is 0.155 e. The van der Waals surface area contributed by atoms with Gasteiger partial charge < -0.3 is 4.90 Å². The maximum atomic E-state index is 4.65. The first-order valence-corrected chi connectivity index (χ1v) is 10.5. The fourth-order valence-corrected chi connectivity index (χ4v) is 3.75. The van der Waals surface area contributed by atoms with Gasteiger partial charge in [-0.3, -0.25) is 14.6 Å². The number of benzene rings is 1. The molecule has 1 aliphatic rings. The third-order valence-corrected chi connectivity index (χ3v) is 5.44. The number of nitrogens with zero attached hydrogens (tertiary/aromatic N) is 6. The summed E-state index contributed by atoms with van der Waals surface area (Å²) in [5, 5.41) is 4.55. The van der Waals surface area contributed by atoms with Gasteiger partial charge in [0.1, 0.15) is 5.69 Å². The van der Waals surface area contributed by atoms with E-state index in [1.165, 1.54) is 11.3 Å². The molecule has 0 saturated carbocycles. The van der Waals surface area contributed by atoms with Crippen molar-refractivity contribution in [2.75, 3.05) is 31.1 Å². The number of piperazine rings is 1. The highest BCUT2D eigenvalue weighted by molar-refractivity contribution is 5.71. The van der Waals surface area contributed by atoms with Crippen molar-refractivity contribution >= 4 is 5.82 Å². The second-order valence-corrected chi connectivity index (χ2v) is 7.13. The quantitative estimate of drug-likeness (QED) is 0.675. The third-order valence-electron chi connectivity index (χ3n) is 5.44. The Hall–Kier alpha value is -2.73. The molecule has 0 aliphatic carbocycles. The van der Waals surface area contributed by atoms with Crippen LogP contribution >= 0.6 is 0 Å². The monoisotopic (exact) mass is 392 g/mol. The van der Waals surface area contributed by atoms with Crippen LogP contribution in [0.4, 0.5) is 5.82 Å². The Morgan fingerprint density at radius 1 is 0.897 bits per heavy atom. The van der Waals surface area contributed by atoms with E-state index < -0.39 is 0 Å². The minimum Gasteiger partial charge on any atom is -0.352 e. The molecule has 0 amide bonds. The van der Waals surface area contributed by atoms with Gasteiger partial charge >= 0.3 is 0 Å². The Balaban J connectivity index is 0.00000117. The lowest BCUT2D eigenvalue weighted by Gasteiger charge is -2.36. The summed E-state index contributed by atoms with van der Waals surface area (Å²) >= 11 is 0.